The Morgan fingerprint density at radius 2 is 1.44 bits per heavy atom. The SMILES string of the molecule is CC=CNC(C=COC(N=CCC)(N=CCCC)NC=CCC)(OC=CC)OC=CCC. The molecule has 0 saturated heterocycles. The molecule has 0 bridgehead atoms. The Hall–Kier alpha value is -2.96. The van der Waals surface area contributed by atoms with Gasteiger partial charge in [0.15, 0.2) is 0 Å². The first-order valence-corrected chi connectivity index (χ1v) is 11.4. The van der Waals surface area contributed by atoms with Crippen LogP contribution in [0.5, 0.6) is 0 Å². The average molecular weight is 447 g/mol. The molecule has 7 heteroatoms. The first-order chi connectivity index (χ1) is 15.6. The second kappa shape index (κ2) is 18.8. The molecule has 0 radical (unpaired) electrons. The summed E-state index contributed by atoms with van der Waals surface area (Å²) in [6, 6.07) is 0. The fourth-order valence-corrected chi connectivity index (χ4v) is 2.08. The molecule has 32 heavy (non-hydrogen) atoms. The average Bonchev–Trinajstić information content (AvgIpc) is 2.80. The highest BCUT2D eigenvalue weighted by molar-refractivity contribution is 5.60. The number of allylic oxidation sites excluding steroid dienone is 4. The van der Waals surface area contributed by atoms with Gasteiger partial charge in [-0.3, -0.25) is 0 Å². The molecule has 0 aromatic heterocycles. The van der Waals surface area contributed by atoms with Gasteiger partial charge in [-0.15, -0.1) is 0 Å². The third kappa shape index (κ3) is 12.7. The van der Waals surface area contributed by atoms with Crippen molar-refractivity contribution in [2.45, 2.75) is 85.5 Å². The fourth-order valence-electron chi connectivity index (χ4n) is 2.08. The molecule has 0 aliphatic heterocycles. The van der Waals surface area contributed by atoms with E-state index in [9.17, 15) is 0 Å². The summed E-state index contributed by atoms with van der Waals surface area (Å²) in [5, 5.41) is 6.26. The Bertz CT molecular complexity index is 652. The highest BCUT2D eigenvalue weighted by Gasteiger charge is 2.31. The zero-order valence-corrected chi connectivity index (χ0v) is 20.6. The van der Waals surface area contributed by atoms with Gasteiger partial charge < -0.3 is 24.8 Å². The molecule has 7 nitrogen and oxygen atoms in total. The van der Waals surface area contributed by atoms with E-state index in [1.807, 2.05) is 52.1 Å². The van der Waals surface area contributed by atoms with Crippen molar-refractivity contribution in [1.82, 2.24) is 10.6 Å². The van der Waals surface area contributed by atoms with Crippen LogP contribution in [0.25, 0.3) is 0 Å². The van der Waals surface area contributed by atoms with E-state index in [0.717, 1.165) is 32.1 Å². The van der Waals surface area contributed by atoms with Crippen LogP contribution in [-0.4, -0.2) is 24.3 Å². The van der Waals surface area contributed by atoms with Gasteiger partial charge in [-0.25, -0.2) is 9.98 Å². The molecule has 0 rings (SSSR count). The highest BCUT2D eigenvalue weighted by Crippen LogP contribution is 2.18. The third-order valence-electron chi connectivity index (χ3n) is 3.68. The molecule has 0 fully saturated rings. The summed E-state index contributed by atoms with van der Waals surface area (Å²) in [5.41, 5.74) is 0. The van der Waals surface area contributed by atoms with Crippen molar-refractivity contribution >= 4 is 12.4 Å². The Labute approximate surface area is 194 Å². The van der Waals surface area contributed by atoms with Crippen LogP contribution in [0.1, 0.15) is 73.6 Å². The quantitative estimate of drug-likeness (QED) is 0.148. The number of rotatable bonds is 18. The largest absolute Gasteiger partial charge is 0.440 e. The van der Waals surface area contributed by atoms with Gasteiger partial charge in [0.1, 0.15) is 0 Å². The van der Waals surface area contributed by atoms with Gasteiger partial charge >= 0.3 is 11.9 Å². The van der Waals surface area contributed by atoms with Crippen LogP contribution in [0, 0.1) is 0 Å². The number of ether oxygens (including phenoxy) is 3. The molecule has 180 valence electrons. The van der Waals surface area contributed by atoms with Crippen molar-refractivity contribution in [1.29, 1.82) is 0 Å². The van der Waals surface area contributed by atoms with Gasteiger partial charge in [-0.05, 0) is 58.0 Å². The molecule has 0 heterocycles. The Kier molecular flexibility index (Phi) is 17.0. The molecule has 0 spiro atoms. The summed E-state index contributed by atoms with van der Waals surface area (Å²) in [6.07, 6.45) is 25.1. The Morgan fingerprint density at radius 1 is 0.719 bits per heavy atom. The molecule has 0 aliphatic carbocycles. The maximum Gasteiger partial charge on any atom is 0.385 e. The molecular formula is C25H42N4O3. The summed E-state index contributed by atoms with van der Waals surface area (Å²) in [7, 11) is 0. The lowest BCUT2D eigenvalue weighted by molar-refractivity contribution is -0.151. The number of nitrogens with one attached hydrogen (secondary N) is 2. The van der Waals surface area contributed by atoms with Crippen LogP contribution < -0.4 is 10.6 Å². The molecule has 0 aromatic rings. The maximum absolute atomic E-state index is 6.04. The summed E-state index contributed by atoms with van der Waals surface area (Å²) in [4.78, 5) is 9.10. The second-order valence-electron chi connectivity index (χ2n) is 6.60. The van der Waals surface area contributed by atoms with Gasteiger partial charge in [-0.1, -0.05) is 52.3 Å². The fraction of sp³-hybridized carbons (Fsp3) is 0.520. The highest BCUT2D eigenvalue weighted by atomic mass is 16.7. The van der Waals surface area contributed by atoms with Crippen molar-refractivity contribution in [3.8, 4) is 0 Å². The van der Waals surface area contributed by atoms with Crippen molar-refractivity contribution in [2.75, 3.05) is 0 Å². The predicted molar refractivity (Wildman–Crippen MR) is 135 cm³/mol. The van der Waals surface area contributed by atoms with Crippen molar-refractivity contribution in [3.63, 3.8) is 0 Å². The van der Waals surface area contributed by atoms with Gasteiger partial charge in [0.2, 0.25) is 0 Å². The predicted octanol–water partition coefficient (Wildman–Crippen LogP) is 6.26. The lowest BCUT2D eigenvalue weighted by atomic mass is 10.4. The van der Waals surface area contributed by atoms with Crippen LogP contribution in [0.3, 0.4) is 0 Å². The Morgan fingerprint density at radius 3 is 2.06 bits per heavy atom. The molecule has 0 saturated carbocycles. The van der Waals surface area contributed by atoms with E-state index in [2.05, 4.69) is 34.5 Å². The first-order valence-electron chi connectivity index (χ1n) is 11.4. The summed E-state index contributed by atoms with van der Waals surface area (Å²) >= 11 is 0. The van der Waals surface area contributed by atoms with Crippen molar-refractivity contribution in [3.05, 3.63) is 61.6 Å². The number of hydrogen-bond acceptors (Lipinski definition) is 7. The number of hydrogen-bond donors (Lipinski definition) is 2. The topological polar surface area (TPSA) is 76.5 Å². The molecule has 0 aromatic carbocycles. The van der Waals surface area contributed by atoms with E-state index in [1.54, 1.807) is 43.3 Å². The summed E-state index contributed by atoms with van der Waals surface area (Å²) < 4.78 is 17.7. The van der Waals surface area contributed by atoms with E-state index in [1.165, 1.54) is 6.26 Å². The lowest BCUT2D eigenvalue weighted by Crippen LogP contribution is -2.44. The van der Waals surface area contributed by atoms with Gasteiger partial charge in [0.25, 0.3) is 0 Å². The minimum absolute atomic E-state index is 0.749. The molecule has 0 aliphatic rings. The number of unbranched alkanes of at least 4 members (excludes halogenated alkanes) is 1. The van der Waals surface area contributed by atoms with Crippen LogP contribution in [-0.2, 0) is 14.2 Å². The summed E-state index contributed by atoms with van der Waals surface area (Å²) in [5.74, 6) is -2.63. The van der Waals surface area contributed by atoms with Gasteiger partial charge in [0.05, 0.1) is 24.9 Å². The Balaban J connectivity index is 6.04. The lowest BCUT2D eigenvalue weighted by Gasteiger charge is -2.30. The molecular weight excluding hydrogens is 404 g/mol. The van der Waals surface area contributed by atoms with Gasteiger partial charge in [0, 0.05) is 12.4 Å². The first kappa shape index (κ1) is 29.0. The molecule has 2 unspecified atom stereocenters. The second-order valence-corrected chi connectivity index (χ2v) is 6.60. The van der Waals surface area contributed by atoms with Crippen LogP contribution in [0.4, 0.5) is 0 Å². The van der Waals surface area contributed by atoms with E-state index < -0.39 is 11.9 Å². The molecule has 0 amide bonds. The van der Waals surface area contributed by atoms with Crippen LogP contribution in [0.15, 0.2) is 71.6 Å². The third-order valence-corrected chi connectivity index (χ3v) is 3.68. The van der Waals surface area contributed by atoms with E-state index >= 15 is 0 Å². The minimum atomic E-state index is -1.32. The van der Waals surface area contributed by atoms with Crippen LogP contribution >= 0.6 is 0 Å². The smallest absolute Gasteiger partial charge is 0.385 e. The van der Waals surface area contributed by atoms with E-state index in [4.69, 9.17) is 14.2 Å². The standard InChI is InChI=1S/C25H42N4O3/c1-7-13-19-28-25(27-18-11-5,29-20-14-8-2)32-23-16-24(26-17-10-4,30-21-12-6)31-22-15-9-3/h10,12-13,15-23,26,28H,7-9,11,14H2,1-6H3. The van der Waals surface area contributed by atoms with Gasteiger partial charge in [-0.2, -0.15) is 0 Å². The van der Waals surface area contributed by atoms with E-state index in [0.29, 0.717) is 0 Å². The van der Waals surface area contributed by atoms with Crippen molar-refractivity contribution in [2.24, 2.45) is 9.98 Å². The maximum atomic E-state index is 6.04. The summed E-state index contributed by atoms with van der Waals surface area (Å²) in [6.45, 7) is 11.9. The number of aliphatic imine (C=N–C) groups is 2. The van der Waals surface area contributed by atoms with E-state index in [-0.39, 0.29) is 0 Å². The molecule has 2 atom stereocenters. The number of nitrogens with zero attached hydrogens (tertiary/aromatic N) is 2. The zero-order chi connectivity index (χ0) is 24.0. The van der Waals surface area contributed by atoms with Crippen molar-refractivity contribution < 1.29 is 14.2 Å². The monoisotopic (exact) mass is 446 g/mol. The minimum Gasteiger partial charge on any atom is -0.440 e. The molecule has 2 N–H and O–H groups in total. The normalized spacial score (nSPS) is 16.7. The zero-order valence-electron chi connectivity index (χ0n) is 20.6. The van der Waals surface area contributed by atoms with Crippen LogP contribution in [0.2, 0.25) is 0 Å².